The molecule has 0 aliphatic heterocycles. The number of nitrogens with zero attached hydrogens (tertiary/aromatic N) is 1. The third-order valence-corrected chi connectivity index (χ3v) is 4.05. The zero-order chi connectivity index (χ0) is 14.3. The average molecular weight is 304 g/mol. The number of nitro benzene ring substituents is 1. The van der Waals surface area contributed by atoms with Crippen molar-refractivity contribution in [1.29, 1.82) is 0 Å². The van der Waals surface area contributed by atoms with Crippen LogP contribution in [0.3, 0.4) is 0 Å². The van der Waals surface area contributed by atoms with Gasteiger partial charge in [-0.3, -0.25) is 10.1 Å². The average Bonchev–Trinajstić information content (AvgIpc) is 2.65. The number of phenols is 1. The lowest BCUT2D eigenvalue weighted by molar-refractivity contribution is -0.384. The van der Waals surface area contributed by atoms with Crippen LogP contribution in [-0.4, -0.2) is 28.2 Å². The molecule has 0 aliphatic rings. The highest BCUT2D eigenvalue weighted by Crippen LogP contribution is 2.48. The molecule has 0 amide bonds. The van der Waals surface area contributed by atoms with Crippen LogP contribution in [0.25, 0.3) is 10.1 Å². The van der Waals surface area contributed by atoms with E-state index in [0.29, 0.717) is 0 Å². The highest BCUT2D eigenvalue weighted by atomic mass is 35.5. The van der Waals surface area contributed by atoms with E-state index in [-0.39, 0.29) is 25.7 Å². The van der Waals surface area contributed by atoms with Crippen LogP contribution < -0.4 is 4.74 Å². The summed E-state index contributed by atoms with van der Waals surface area (Å²) in [6.45, 7) is 0. The van der Waals surface area contributed by atoms with Crippen LogP contribution in [-0.2, 0) is 0 Å². The van der Waals surface area contributed by atoms with E-state index in [1.54, 1.807) is 0 Å². The zero-order valence-corrected chi connectivity index (χ0v) is 10.9. The zero-order valence-electron chi connectivity index (χ0n) is 9.34. The summed E-state index contributed by atoms with van der Waals surface area (Å²) in [5.41, 5.74) is -0.664. The van der Waals surface area contributed by atoms with Crippen molar-refractivity contribution in [3.05, 3.63) is 26.1 Å². The molecule has 0 saturated carbocycles. The monoisotopic (exact) mass is 303 g/mol. The molecule has 1 heterocycles. The first-order chi connectivity index (χ1) is 8.88. The number of benzene rings is 1. The third-order valence-electron chi connectivity index (χ3n) is 2.43. The Labute approximate surface area is 114 Å². The highest BCUT2D eigenvalue weighted by molar-refractivity contribution is 7.21. The number of ether oxygens (including phenoxy) is 1. The summed E-state index contributed by atoms with van der Waals surface area (Å²) >= 11 is 6.62. The number of methoxy groups -OCH3 is 1. The lowest BCUT2D eigenvalue weighted by Crippen LogP contribution is -1.94. The van der Waals surface area contributed by atoms with E-state index >= 15 is 0 Å². The maximum absolute atomic E-state index is 11.0. The molecular weight excluding hydrogens is 298 g/mol. The molecule has 0 atom stereocenters. The molecule has 0 aliphatic carbocycles. The minimum atomic E-state index is -1.29. The van der Waals surface area contributed by atoms with Crippen molar-refractivity contribution in [2.75, 3.05) is 7.11 Å². The lowest BCUT2D eigenvalue weighted by Gasteiger charge is -2.04. The molecule has 0 bridgehead atoms. The van der Waals surface area contributed by atoms with E-state index in [1.807, 2.05) is 0 Å². The fourth-order valence-corrected chi connectivity index (χ4v) is 3.05. The van der Waals surface area contributed by atoms with E-state index in [0.717, 1.165) is 11.3 Å². The quantitative estimate of drug-likeness (QED) is 0.666. The standard InChI is InChI=1S/C10H6ClNO6S/c1-18-3-2-4-5(7(8(3)13)12(16)17)6(11)9(19-4)10(14)15/h2,13H,1H3,(H,14,15). The van der Waals surface area contributed by atoms with Crippen molar-refractivity contribution in [1.82, 2.24) is 0 Å². The summed E-state index contributed by atoms with van der Waals surface area (Å²) in [4.78, 5) is 20.9. The van der Waals surface area contributed by atoms with Gasteiger partial charge in [0, 0.05) is 10.8 Å². The molecule has 0 spiro atoms. The number of aromatic carboxylic acids is 1. The molecule has 1 aromatic carbocycles. The molecule has 100 valence electrons. The van der Waals surface area contributed by atoms with Crippen molar-refractivity contribution in [3.8, 4) is 11.5 Å². The van der Waals surface area contributed by atoms with Gasteiger partial charge in [0.2, 0.25) is 5.75 Å². The van der Waals surface area contributed by atoms with Crippen molar-refractivity contribution < 1.29 is 24.7 Å². The van der Waals surface area contributed by atoms with Gasteiger partial charge in [0.05, 0.1) is 22.4 Å². The maximum atomic E-state index is 11.0. The second-order valence-corrected chi connectivity index (χ2v) is 4.89. The molecule has 19 heavy (non-hydrogen) atoms. The van der Waals surface area contributed by atoms with Gasteiger partial charge in [-0.15, -0.1) is 11.3 Å². The number of carbonyl (C=O) groups is 1. The molecule has 0 saturated heterocycles. The van der Waals surface area contributed by atoms with Gasteiger partial charge in [-0.1, -0.05) is 11.6 Å². The van der Waals surface area contributed by atoms with E-state index in [9.17, 15) is 20.0 Å². The number of carboxylic acid groups (broad SMARTS) is 1. The Morgan fingerprint density at radius 1 is 1.58 bits per heavy atom. The van der Waals surface area contributed by atoms with Crippen molar-refractivity contribution in [2.45, 2.75) is 0 Å². The van der Waals surface area contributed by atoms with Gasteiger partial charge in [-0.25, -0.2) is 4.79 Å². The van der Waals surface area contributed by atoms with Crippen molar-refractivity contribution >= 4 is 44.7 Å². The number of hydrogen-bond acceptors (Lipinski definition) is 6. The minimum absolute atomic E-state index is 0.104. The molecule has 9 heteroatoms. The number of nitro groups is 1. The Hall–Kier alpha value is -2.06. The summed E-state index contributed by atoms with van der Waals surface area (Å²) in [6.07, 6.45) is 0. The maximum Gasteiger partial charge on any atom is 0.347 e. The summed E-state index contributed by atoms with van der Waals surface area (Å²) in [5.74, 6) is -2.09. The van der Waals surface area contributed by atoms with Crippen LogP contribution in [0.4, 0.5) is 5.69 Å². The number of carboxylic acids is 1. The lowest BCUT2D eigenvalue weighted by atomic mass is 10.2. The smallest absolute Gasteiger partial charge is 0.347 e. The van der Waals surface area contributed by atoms with Gasteiger partial charge in [-0.05, 0) is 0 Å². The molecule has 1 aromatic heterocycles. The normalized spacial score (nSPS) is 10.6. The Balaban J connectivity index is 2.97. The summed E-state index contributed by atoms with van der Waals surface area (Å²) in [7, 11) is 1.23. The van der Waals surface area contributed by atoms with Crippen LogP contribution in [0.2, 0.25) is 5.02 Å². The Bertz CT molecular complexity index is 710. The molecule has 2 rings (SSSR count). The van der Waals surface area contributed by atoms with Gasteiger partial charge >= 0.3 is 11.7 Å². The second kappa shape index (κ2) is 4.56. The van der Waals surface area contributed by atoms with Crippen molar-refractivity contribution in [2.24, 2.45) is 0 Å². The topological polar surface area (TPSA) is 110 Å². The molecule has 2 N–H and O–H groups in total. The van der Waals surface area contributed by atoms with Gasteiger partial charge in [0.25, 0.3) is 0 Å². The molecule has 0 unspecified atom stereocenters. The van der Waals surface area contributed by atoms with Crippen LogP contribution in [0, 0.1) is 10.1 Å². The molecule has 2 aromatic rings. The van der Waals surface area contributed by atoms with Crippen LogP contribution in [0.1, 0.15) is 9.67 Å². The highest BCUT2D eigenvalue weighted by Gasteiger charge is 2.29. The number of rotatable bonds is 3. The fraction of sp³-hybridized carbons (Fsp3) is 0.100. The van der Waals surface area contributed by atoms with Gasteiger partial charge in [0.15, 0.2) is 5.75 Å². The summed E-state index contributed by atoms with van der Waals surface area (Å²) in [5, 5.41) is 29.4. The van der Waals surface area contributed by atoms with E-state index < -0.39 is 22.3 Å². The van der Waals surface area contributed by atoms with Crippen LogP contribution >= 0.6 is 22.9 Å². The van der Waals surface area contributed by atoms with Crippen LogP contribution in [0.5, 0.6) is 11.5 Å². The van der Waals surface area contributed by atoms with E-state index in [4.69, 9.17) is 21.4 Å². The predicted octanol–water partition coefficient (Wildman–Crippen LogP) is 2.88. The van der Waals surface area contributed by atoms with Crippen molar-refractivity contribution in [3.63, 3.8) is 0 Å². The number of aromatic hydroxyl groups is 1. The van der Waals surface area contributed by atoms with Crippen LogP contribution in [0.15, 0.2) is 6.07 Å². The number of fused-ring (bicyclic) bond motifs is 1. The number of thiophene rings is 1. The first-order valence-electron chi connectivity index (χ1n) is 4.78. The Morgan fingerprint density at radius 3 is 2.68 bits per heavy atom. The first kappa shape index (κ1) is 13.4. The first-order valence-corrected chi connectivity index (χ1v) is 5.97. The SMILES string of the molecule is COc1cc2sc(C(=O)O)c(Cl)c2c([N+](=O)[O-])c1O. The summed E-state index contributed by atoms with van der Waals surface area (Å²) in [6, 6.07) is 1.31. The number of phenolic OH excluding ortho intramolecular Hbond substituents is 1. The molecule has 7 nitrogen and oxygen atoms in total. The van der Waals surface area contributed by atoms with Gasteiger partial charge in [-0.2, -0.15) is 0 Å². The Morgan fingerprint density at radius 2 is 2.21 bits per heavy atom. The molecule has 0 radical (unpaired) electrons. The minimum Gasteiger partial charge on any atom is -0.499 e. The third kappa shape index (κ3) is 1.94. The van der Waals surface area contributed by atoms with E-state index in [2.05, 4.69) is 0 Å². The Kier molecular flexibility index (Phi) is 3.21. The number of halogens is 1. The second-order valence-electron chi connectivity index (χ2n) is 3.46. The largest absolute Gasteiger partial charge is 0.499 e. The molecule has 0 fully saturated rings. The fourth-order valence-electron chi connectivity index (χ4n) is 1.64. The van der Waals surface area contributed by atoms with E-state index in [1.165, 1.54) is 13.2 Å². The van der Waals surface area contributed by atoms with Gasteiger partial charge < -0.3 is 14.9 Å². The summed E-state index contributed by atoms with van der Waals surface area (Å²) < 4.78 is 5.07. The van der Waals surface area contributed by atoms with Gasteiger partial charge in [0.1, 0.15) is 4.88 Å². The molecular formula is C10H6ClNO6S. The predicted molar refractivity (Wildman–Crippen MR) is 68.7 cm³/mol. The number of hydrogen-bond donors (Lipinski definition) is 2.